The zero-order valence-electron chi connectivity index (χ0n) is 14.7. The number of likely N-dealkylation sites (tertiary alicyclic amines) is 1. The molecule has 1 aromatic heterocycles. The first-order chi connectivity index (χ1) is 12.7. The number of halogens is 1. The number of fused-ring (bicyclic) bond motifs is 1. The molecule has 1 amide bonds. The summed E-state index contributed by atoms with van der Waals surface area (Å²) in [6, 6.07) is 6.19. The molecule has 0 bridgehead atoms. The summed E-state index contributed by atoms with van der Waals surface area (Å²) in [4.78, 5) is 14.7. The summed E-state index contributed by atoms with van der Waals surface area (Å²) in [6.45, 7) is 2.05. The molecule has 7 heteroatoms. The number of carbonyl (C=O) groups is 1. The molecule has 3 heterocycles. The number of piperidine rings is 1. The van der Waals surface area contributed by atoms with Gasteiger partial charge in [0, 0.05) is 45.0 Å². The number of aryl methyl sites for hydroxylation is 1. The Morgan fingerprint density at radius 2 is 1.96 bits per heavy atom. The van der Waals surface area contributed by atoms with Crippen LogP contribution in [-0.2, 0) is 13.0 Å². The minimum absolute atomic E-state index is 0.00337. The van der Waals surface area contributed by atoms with Gasteiger partial charge in [0.2, 0.25) is 5.82 Å². The molecule has 0 unspecified atom stereocenters. The van der Waals surface area contributed by atoms with E-state index in [0.29, 0.717) is 24.7 Å². The summed E-state index contributed by atoms with van der Waals surface area (Å²) < 4.78 is 21.1. The highest BCUT2D eigenvalue weighted by Crippen LogP contribution is 2.21. The third-order valence-electron chi connectivity index (χ3n) is 5.13. The van der Waals surface area contributed by atoms with Crippen molar-refractivity contribution in [3.8, 4) is 5.75 Å². The second kappa shape index (κ2) is 7.43. The van der Waals surface area contributed by atoms with E-state index in [-0.39, 0.29) is 17.8 Å². The lowest BCUT2D eigenvalue weighted by Gasteiger charge is -2.32. The van der Waals surface area contributed by atoms with Crippen LogP contribution in [0, 0.1) is 5.82 Å². The maximum absolute atomic E-state index is 13.3. The molecule has 0 radical (unpaired) electrons. The molecule has 1 saturated heterocycles. The number of hydrogen-bond donors (Lipinski definition) is 0. The third kappa shape index (κ3) is 3.57. The van der Waals surface area contributed by atoms with Gasteiger partial charge in [0.1, 0.15) is 23.5 Å². The Balaban J connectivity index is 1.37. The fourth-order valence-corrected chi connectivity index (χ4v) is 3.69. The molecule has 2 aromatic rings. The second-order valence-corrected chi connectivity index (χ2v) is 6.97. The predicted octanol–water partition coefficient (Wildman–Crippen LogP) is 2.83. The minimum Gasteiger partial charge on any atom is -0.490 e. The van der Waals surface area contributed by atoms with Crippen LogP contribution in [0.2, 0.25) is 0 Å². The van der Waals surface area contributed by atoms with Crippen LogP contribution in [0.25, 0.3) is 0 Å². The average molecular weight is 358 g/mol. The lowest BCUT2D eigenvalue weighted by Crippen LogP contribution is -2.42. The number of aromatic nitrogens is 3. The largest absolute Gasteiger partial charge is 0.490 e. The lowest BCUT2D eigenvalue weighted by molar-refractivity contribution is 0.0578. The van der Waals surface area contributed by atoms with Crippen LogP contribution in [0.3, 0.4) is 0 Å². The van der Waals surface area contributed by atoms with Gasteiger partial charge in [-0.3, -0.25) is 4.79 Å². The number of ether oxygens (including phenoxy) is 1. The molecule has 2 aliphatic rings. The number of hydrogen-bond acceptors (Lipinski definition) is 4. The van der Waals surface area contributed by atoms with Crippen molar-refractivity contribution in [1.29, 1.82) is 0 Å². The highest BCUT2D eigenvalue weighted by atomic mass is 19.1. The number of amides is 1. The Bertz CT molecular complexity index is 784. The Labute approximate surface area is 152 Å². The second-order valence-electron chi connectivity index (χ2n) is 6.97. The van der Waals surface area contributed by atoms with Crippen LogP contribution in [0.4, 0.5) is 4.39 Å². The molecule has 0 atom stereocenters. The Hall–Kier alpha value is -2.44. The topological polar surface area (TPSA) is 60.2 Å². The van der Waals surface area contributed by atoms with Gasteiger partial charge in [-0.1, -0.05) is 12.5 Å². The van der Waals surface area contributed by atoms with Gasteiger partial charge in [0.25, 0.3) is 5.91 Å². The lowest BCUT2D eigenvalue weighted by atomic mass is 10.1. The predicted molar refractivity (Wildman–Crippen MR) is 93.5 cm³/mol. The first-order valence-corrected chi connectivity index (χ1v) is 9.34. The van der Waals surface area contributed by atoms with Crippen LogP contribution in [0.15, 0.2) is 24.3 Å². The normalized spacial score (nSPS) is 18.3. The molecule has 1 aromatic carbocycles. The number of benzene rings is 1. The van der Waals surface area contributed by atoms with Gasteiger partial charge in [0.15, 0.2) is 0 Å². The summed E-state index contributed by atoms with van der Waals surface area (Å²) in [7, 11) is 0. The van der Waals surface area contributed by atoms with E-state index in [1.807, 2.05) is 9.47 Å². The first kappa shape index (κ1) is 17.0. The van der Waals surface area contributed by atoms with Crippen LogP contribution >= 0.6 is 0 Å². The van der Waals surface area contributed by atoms with Crippen molar-refractivity contribution in [3.05, 3.63) is 41.7 Å². The monoisotopic (exact) mass is 358 g/mol. The summed E-state index contributed by atoms with van der Waals surface area (Å²) in [6.07, 6.45) is 5.68. The van der Waals surface area contributed by atoms with Crippen LogP contribution < -0.4 is 4.74 Å². The van der Waals surface area contributed by atoms with Gasteiger partial charge in [-0.2, -0.15) is 0 Å². The summed E-state index contributed by atoms with van der Waals surface area (Å²) in [5.41, 5.74) is 0. The number of rotatable bonds is 3. The first-order valence-electron chi connectivity index (χ1n) is 9.34. The van der Waals surface area contributed by atoms with Crippen molar-refractivity contribution in [2.75, 3.05) is 13.1 Å². The van der Waals surface area contributed by atoms with Crippen molar-refractivity contribution in [2.45, 2.75) is 51.2 Å². The van der Waals surface area contributed by atoms with Crippen molar-refractivity contribution >= 4 is 5.91 Å². The van der Waals surface area contributed by atoms with Gasteiger partial charge in [-0.15, -0.1) is 10.2 Å². The number of carbonyl (C=O) groups excluding carboxylic acids is 1. The van der Waals surface area contributed by atoms with Crippen molar-refractivity contribution in [2.24, 2.45) is 0 Å². The van der Waals surface area contributed by atoms with E-state index < -0.39 is 0 Å². The summed E-state index contributed by atoms with van der Waals surface area (Å²) in [5.74, 6) is 1.58. The van der Waals surface area contributed by atoms with E-state index in [9.17, 15) is 9.18 Å². The quantitative estimate of drug-likeness (QED) is 0.847. The zero-order valence-corrected chi connectivity index (χ0v) is 14.7. The molecule has 138 valence electrons. The maximum atomic E-state index is 13.3. The number of nitrogens with zero attached hydrogens (tertiary/aromatic N) is 4. The molecule has 6 nitrogen and oxygen atoms in total. The van der Waals surface area contributed by atoms with E-state index >= 15 is 0 Å². The van der Waals surface area contributed by atoms with Gasteiger partial charge in [-0.05, 0) is 25.0 Å². The smallest absolute Gasteiger partial charge is 0.291 e. The molecule has 0 N–H and O–H groups in total. The molecule has 0 saturated carbocycles. The average Bonchev–Trinajstić information content (AvgIpc) is 2.90. The summed E-state index contributed by atoms with van der Waals surface area (Å²) in [5, 5.41) is 8.38. The van der Waals surface area contributed by atoms with E-state index in [1.54, 1.807) is 12.1 Å². The fourth-order valence-electron chi connectivity index (χ4n) is 3.69. The van der Waals surface area contributed by atoms with E-state index in [4.69, 9.17) is 4.74 Å². The van der Waals surface area contributed by atoms with Gasteiger partial charge >= 0.3 is 0 Å². The minimum atomic E-state index is -0.303. The van der Waals surface area contributed by atoms with Crippen molar-refractivity contribution < 1.29 is 13.9 Å². The maximum Gasteiger partial charge on any atom is 0.291 e. The van der Waals surface area contributed by atoms with E-state index in [0.717, 1.165) is 44.5 Å². The Kier molecular flexibility index (Phi) is 4.86. The van der Waals surface area contributed by atoms with Gasteiger partial charge in [0.05, 0.1) is 0 Å². The zero-order chi connectivity index (χ0) is 17.9. The molecule has 2 aliphatic heterocycles. The van der Waals surface area contributed by atoms with Crippen LogP contribution in [0.1, 0.15) is 48.5 Å². The standard InChI is InChI=1S/C19H23FN4O2/c20-14-5-4-6-16(13-14)26-15-8-11-23(12-9-15)19(25)18-22-21-17-7-2-1-3-10-24(17)18/h4-6,13,15H,1-3,7-12H2. The van der Waals surface area contributed by atoms with Gasteiger partial charge < -0.3 is 14.2 Å². The fraction of sp³-hybridized carbons (Fsp3) is 0.526. The molecular weight excluding hydrogens is 335 g/mol. The Morgan fingerprint density at radius 3 is 2.77 bits per heavy atom. The van der Waals surface area contributed by atoms with Gasteiger partial charge in [-0.25, -0.2) is 4.39 Å². The molecular formula is C19H23FN4O2. The van der Waals surface area contributed by atoms with E-state index in [2.05, 4.69) is 10.2 Å². The Morgan fingerprint density at radius 1 is 1.12 bits per heavy atom. The van der Waals surface area contributed by atoms with Crippen molar-refractivity contribution in [1.82, 2.24) is 19.7 Å². The van der Waals surface area contributed by atoms with Crippen LogP contribution in [-0.4, -0.2) is 44.8 Å². The highest BCUT2D eigenvalue weighted by Gasteiger charge is 2.29. The third-order valence-corrected chi connectivity index (χ3v) is 5.13. The van der Waals surface area contributed by atoms with Crippen LogP contribution in [0.5, 0.6) is 5.75 Å². The van der Waals surface area contributed by atoms with Crippen molar-refractivity contribution in [3.63, 3.8) is 0 Å². The highest BCUT2D eigenvalue weighted by molar-refractivity contribution is 5.90. The summed E-state index contributed by atoms with van der Waals surface area (Å²) >= 11 is 0. The molecule has 26 heavy (non-hydrogen) atoms. The molecule has 1 fully saturated rings. The van der Waals surface area contributed by atoms with E-state index in [1.165, 1.54) is 18.6 Å². The molecule has 0 aliphatic carbocycles. The molecule has 0 spiro atoms. The SMILES string of the molecule is O=C(c1nnc2n1CCCCC2)N1CCC(Oc2cccc(F)c2)CC1. The molecule has 4 rings (SSSR count).